The third-order valence-corrected chi connectivity index (χ3v) is 6.03. The first-order valence-corrected chi connectivity index (χ1v) is 11.3. The highest BCUT2D eigenvalue weighted by Crippen LogP contribution is 2.40. The highest BCUT2D eigenvalue weighted by atomic mass is 16.3. The quantitative estimate of drug-likeness (QED) is 0.250. The summed E-state index contributed by atoms with van der Waals surface area (Å²) in [5.41, 5.74) is 0.200. The van der Waals surface area contributed by atoms with Crippen molar-refractivity contribution in [3.8, 4) is 0 Å². The Morgan fingerprint density at radius 2 is 1.00 bits per heavy atom. The van der Waals surface area contributed by atoms with Gasteiger partial charge in [-0.15, -0.1) is 0 Å². The van der Waals surface area contributed by atoms with Gasteiger partial charge in [0, 0.05) is 0 Å². The first-order chi connectivity index (χ1) is 11.7. The van der Waals surface area contributed by atoms with Crippen LogP contribution in [0.15, 0.2) is 0 Å². The van der Waals surface area contributed by atoms with Crippen LogP contribution in [0.4, 0.5) is 0 Å². The lowest BCUT2D eigenvalue weighted by Gasteiger charge is -2.38. The van der Waals surface area contributed by atoms with Crippen LogP contribution < -0.4 is 0 Å². The number of rotatable bonds is 18. The van der Waals surface area contributed by atoms with Gasteiger partial charge in [-0.3, -0.25) is 0 Å². The standard InChI is InChI=1S/C23H48O/c1-5-9-11-13-15-17-20-23(8-4,22(24)19-7-3)21-18-16-14-12-10-6-2/h22,24H,5-21H2,1-4H3. The molecule has 146 valence electrons. The van der Waals surface area contributed by atoms with Crippen LogP contribution in [-0.2, 0) is 0 Å². The predicted octanol–water partition coefficient (Wildman–Crippen LogP) is 8.05. The highest BCUT2D eigenvalue weighted by molar-refractivity contribution is 4.85. The second-order valence-corrected chi connectivity index (χ2v) is 8.06. The molecule has 1 nitrogen and oxygen atoms in total. The van der Waals surface area contributed by atoms with Gasteiger partial charge in [-0.05, 0) is 31.1 Å². The van der Waals surface area contributed by atoms with Crippen molar-refractivity contribution in [2.45, 2.75) is 143 Å². The molecular weight excluding hydrogens is 292 g/mol. The van der Waals surface area contributed by atoms with E-state index in [9.17, 15) is 5.11 Å². The van der Waals surface area contributed by atoms with Crippen LogP contribution >= 0.6 is 0 Å². The van der Waals surface area contributed by atoms with Gasteiger partial charge in [0.1, 0.15) is 0 Å². The van der Waals surface area contributed by atoms with E-state index in [1.165, 1.54) is 89.9 Å². The number of unbranched alkanes of at least 4 members (excludes halogenated alkanes) is 10. The first kappa shape index (κ1) is 24.0. The molecule has 0 aliphatic carbocycles. The SMILES string of the molecule is CCCCCCCCC(CC)(CCCCCCCC)C(O)CCC. The lowest BCUT2D eigenvalue weighted by Crippen LogP contribution is -2.35. The van der Waals surface area contributed by atoms with E-state index in [0.717, 1.165) is 19.3 Å². The van der Waals surface area contributed by atoms with Crippen LogP contribution in [0, 0.1) is 5.41 Å². The van der Waals surface area contributed by atoms with Crippen molar-refractivity contribution < 1.29 is 5.11 Å². The zero-order chi connectivity index (χ0) is 18.1. The summed E-state index contributed by atoms with van der Waals surface area (Å²) in [5, 5.41) is 10.8. The van der Waals surface area contributed by atoms with Crippen molar-refractivity contribution in [2.75, 3.05) is 0 Å². The molecule has 24 heavy (non-hydrogen) atoms. The summed E-state index contributed by atoms with van der Waals surface area (Å²) in [4.78, 5) is 0. The molecule has 0 fully saturated rings. The maximum Gasteiger partial charge on any atom is 0.0596 e. The fourth-order valence-corrected chi connectivity index (χ4v) is 4.14. The van der Waals surface area contributed by atoms with E-state index >= 15 is 0 Å². The molecule has 0 radical (unpaired) electrons. The van der Waals surface area contributed by atoms with Crippen molar-refractivity contribution in [2.24, 2.45) is 5.41 Å². The highest BCUT2D eigenvalue weighted by Gasteiger charge is 2.34. The largest absolute Gasteiger partial charge is 0.393 e. The van der Waals surface area contributed by atoms with E-state index in [2.05, 4.69) is 27.7 Å². The van der Waals surface area contributed by atoms with Crippen molar-refractivity contribution in [3.63, 3.8) is 0 Å². The summed E-state index contributed by atoms with van der Waals surface area (Å²) in [6.45, 7) is 9.08. The summed E-state index contributed by atoms with van der Waals surface area (Å²) < 4.78 is 0. The molecule has 1 heteroatoms. The van der Waals surface area contributed by atoms with E-state index in [4.69, 9.17) is 0 Å². The minimum Gasteiger partial charge on any atom is -0.393 e. The Labute approximate surface area is 154 Å². The molecule has 0 spiro atoms. The summed E-state index contributed by atoms with van der Waals surface area (Å²) in [7, 11) is 0. The molecule has 0 rings (SSSR count). The zero-order valence-corrected chi connectivity index (χ0v) is 17.5. The minimum absolute atomic E-state index is 0.0845. The van der Waals surface area contributed by atoms with Crippen LogP contribution in [0.1, 0.15) is 137 Å². The van der Waals surface area contributed by atoms with Crippen molar-refractivity contribution in [3.05, 3.63) is 0 Å². The molecule has 1 atom stereocenters. The van der Waals surface area contributed by atoms with E-state index in [1.54, 1.807) is 0 Å². The Bertz CT molecular complexity index is 232. The van der Waals surface area contributed by atoms with E-state index in [1.807, 2.05) is 0 Å². The van der Waals surface area contributed by atoms with Crippen LogP contribution in [0.5, 0.6) is 0 Å². The van der Waals surface area contributed by atoms with Crippen LogP contribution in [0.3, 0.4) is 0 Å². The molecular formula is C23H48O. The molecule has 0 aromatic carbocycles. The number of hydrogen-bond donors (Lipinski definition) is 1. The molecule has 1 N–H and O–H groups in total. The summed E-state index contributed by atoms with van der Waals surface area (Å²) in [5.74, 6) is 0. The third kappa shape index (κ3) is 10.7. The maximum absolute atomic E-state index is 10.8. The van der Waals surface area contributed by atoms with E-state index in [-0.39, 0.29) is 11.5 Å². The van der Waals surface area contributed by atoms with E-state index < -0.39 is 0 Å². The van der Waals surface area contributed by atoms with Crippen molar-refractivity contribution in [1.82, 2.24) is 0 Å². The summed E-state index contributed by atoms with van der Waals surface area (Å²) >= 11 is 0. The van der Waals surface area contributed by atoms with Crippen molar-refractivity contribution >= 4 is 0 Å². The predicted molar refractivity (Wildman–Crippen MR) is 110 cm³/mol. The Morgan fingerprint density at radius 1 is 0.583 bits per heavy atom. The Balaban J connectivity index is 4.31. The first-order valence-electron chi connectivity index (χ1n) is 11.3. The van der Waals surface area contributed by atoms with E-state index in [0.29, 0.717) is 0 Å². The number of aliphatic hydroxyl groups excluding tert-OH is 1. The molecule has 0 amide bonds. The van der Waals surface area contributed by atoms with Gasteiger partial charge in [0.2, 0.25) is 0 Å². The van der Waals surface area contributed by atoms with Gasteiger partial charge in [0.05, 0.1) is 6.10 Å². The molecule has 0 aliphatic rings. The molecule has 0 aromatic heterocycles. The van der Waals surface area contributed by atoms with Gasteiger partial charge in [-0.2, -0.15) is 0 Å². The van der Waals surface area contributed by atoms with Crippen LogP contribution in [0.25, 0.3) is 0 Å². The molecule has 0 saturated carbocycles. The minimum atomic E-state index is -0.0845. The monoisotopic (exact) mass is 340 g/mol. The summed E-state index contributed by atoms with van der Waals surface area (Å²) in [6.07, 6.45) is 22.0. The average Bonchev–Trinajstić information content (AvgIpc) is 2.59. The molecule has 1 unspecified atom stereocenters. The molecule has 0 saturated heterocycles. The third-order valence-electron chi connectivity index (χ3n) is 6.03. The zero-order valence-electron chi connectivity index (χ0n) is 17.5. The lowest BCUT2D eigenvalue weighted by atomic mass is 9.70. The number of aliphatic hydroxyl groups is 1. The smallest absolute Gasteiger partial charge is 0.0596 e. The van der Waals surface area contributed by atoms with Gasteiger partial charge in [0.25, 0.3) is 0 Å². The van der Waals surface area contributed by atoms with Gasteiger partial charge < -0.3 is 5.11 Å². The molecule has 0 bridgehead atoms. The average molecular weight is 341 g/mol. The van der Waals surface area contributed by atoms with Crippen molar-refractivity contribution in [1.29, 1.82) is 0 Å². The van der Waals surface area contributed by atoms with Crippen LogP contribution in [0.2, 0.25) is 0 Å². The number of hydrogen-bond acceptors (Lipinski definition) is 1. The van der Waals surface area contributed by atoms with Gasteiger partial charge in [-0.25, -0.2) is 0 Å². The Hall–Kier alpha value is -0.0400. The normalized spacial score (nSPS) is 13.4. The molecule has 0 aliphatic heterocycles. The fraction of sp³-hybridized carbons (Fsp3) is 1.00. The molecule has 0 aromatic rings. The topological polar surface area (TPSA) is 20.2 Å². The van der Waals surface area contributed by atoms with Gasteiger partial charge in [-0.1, -0.05) is 111 Å². The summed E-state index contributed by atoms with van der Waals surface area (Å²) in [6, 6.07) is 0. The van der Waals surface area contributed by atoms with Gasteiger partial charge >= 0.3 is 0 Å². The second kappa shape index (κ2) is 16.4. The van der Waals surface area contributed by atoms with Gasteiger partial charge in [0.15, 0.2) is 0 Å². The second-order valence-electron chi connectivity index (χ2n) is 8.06. The maximum atomic E-state index is 10.8. The lowest BCUT2D eigenvalue weighted by molar-refractivity contribution is -0.00265. The molecule has 0 heterocycles. The van der Waals surface area contributed by atoms with Crippen LogP contribution in [-0.4, -0.2) is 11.2 Å². The Kier molecular flexibility index (Phi) is 16.4. The fourth-order valence-electron chi connectivity index (χ4n) is 4.14. The Morgan fingerprint density at radius 3 is 1.38 bits per heavy atom.